The van der Waals surface area contributed by atoms with Gasteiger partial charge < -0.3 is 16.0 Å². The van der Waals surface area contributed by atoms with Gasteiger partial charge in [-0.1, -0.05) is 0 Å². The van der Waals surface area contributed by atoms with Crippen LogP contribution in [0.3, 0.4) is 0 Å². The van der Waals surface area contributed by atoms with Crippen molar-refractivity contribution >= 4 is 12.1 Å². The molecule has 1 amide bonds. The van der Waals surface area contributed by atoms with Crippen LogP contribution in [0.15, 0.2) is 18.5 Å². The topological polar surface area (TPSA) is 82.5 Å². The van der Waals surface area contributed by atoms with Gasteiger partial charge in [0.1, 0.15) is 5.82 Å². The van der Waals surface area contributed by atoms with E-state index in [0.29, 0.717) is 12.0 Å². The highest BCUT2D eigenvalue weighted by atomic mass is 19.1. The van der Waals surface area contributed by atoms with Gasteiger partial charge in [0.2, 0.25) is 5.91 Å². The molecule has 1 aliphatic rings. The van der Waals surface area contributed by atoms with Crippen LogP contribution in [-0.4, -0.2) is 30.2 Å². The van der Waals surface area contributed by atoms with E-state index in [2.05, 4.69) is 15.6 Å². The number of rotatable bonds is 5. The zero-order valence-electron chi connectivity index (χ0n) is 11.3. The average Bonchev–Trinajstić information content (AvgIpc) is 2.47. The van der Waals surface area contributed by atoms with Gasteiger partial charge in [0.15, 0.2) is 0 Å². The molecule has 20 heavy (non-hydrogen) atoms. The first kappa shape index (κ1) is 14.6. The molecule has 5 nitrogen and oxygen atoms in total. The fraction of sp³-hybridized carbons (Fsp3) is 0.500. The predicted octanol–water partition coefficient (Wildman–Crippen LogP) is 0.391. The van der Waals surface area contributed by atoms with Crippen molar-refractivity contribution in [1.29, 1.82) is 5.41 Å². The third-order valence-corrected chi connectivity index (χ3v) is 3.61. The lowest BCUT2D eigenvalue weighted by Gasteiger charge is -2.23. The lowest BCUT2D eigenvalue weighted by molar-refractivity contribution is -0.664. The molecule has 108 valence electrons. The summed E-state index contributed by atoms with van der Waals surface area (Å²) in [6, 6.07) is 0.977. The van der Waals surface area contributed by atoms with Crippen LogP contribution in [0, 0.1) is 17.1 Å². The maximum atomic E-state index is 13.2. The van der Waals surface area contributed by atoms with Crippen LogP contribution in [0.5, 0.6) is 0 Å². The highest BCUT2D eigenvalue weighted by Crippen LogP contribution is 2.18. The lowest BCUT2D eigenvalue weighted by Crippen LogP contribution is -2.86. The standard InChI is InChI=1S/C14H19FN4O/c15-12-7-11(8-18-9-12)13(1-4-16)19-14(20)10-2-5-17-6-3-10/h4,7-10,13,16-17H,1-3,5-6H2,(H,19,20)/p+1/t13-/m0/s1. The van der Waals surface area contributed by atoms with E-state index in [1.54, 1.807) is 0 Å². The Bertz CT molecular complexity index is 474. The highest BCUT2D eigenvalue weighted by molar-refractivity contribution is 5.79. The number of halogens is 1. The van der Waals surface area contributed by atoms with Crippen LogP contribution >= 0.6 is 0 Å². The first-order valence-electron chi connectivity index (χ1n) is 6.92. The van der Waals surface area contributed by atoms with Crippen molar-refractivity contribution in [1.82, 2.24) is 10.3 Å². The van der Waals surface area contributed by atoms with Gasteiger partial charge in [0.25, 0.3) is 0 Å². The number of nitrogens with zero attached hydrogens (tertiary/aromatic N) is 1. The number of carbonyl (C=O) groups is 1. The number of hydrogen-bond acceptors (Lipinski definition) is 3. The third kappa shape index (κ3) is 3.84. The molecule has 4 N–H and O–H groups in total. The first-order valence-corrected chi connectivity index (χ1v) is 6.92. The van der Waals surface area contributed by atoms with Gasteiger partial charge in [-0.25, -0.2) is 4.39 Å². The molecule has 0 radical (unpaired) electrons. The summed E-state index contributed by atoms with van der Waals surface area (Å²) in [6.45, 7) is 1.93. The van der Waals surface area contributed by atoms with E-state index in [1.807, 2.05) is 0 Å². The second-order valence-corrected chi connectivity index (χ2v) is 5.08. The first-order chi connectivity index (χ1) is 9.70. The molecule has 6 heteroatoms. The Labute approximate surface area is 117 Å². The van der Waals surface area contributed by atoms with E-state index >= 15 is 0 Å². The number of nitrogens with two attached hydrogens (primary N) is 1. The molecule has 0 unspecified atom stereocenters. The Balaban J connectivity index is 2.04. The summed E-state index contributed by atoms with van der Waals surface area (Å²) in [4.78, 5) is 16.0. The Morgan fingerprint density at radius 3 is 2.95 bits per heavy atom. The number of pyridine rings is 1. The van der Waals surface area contributed by atoms with Crippen LogP contribution < -0.4 is 10.6 Å². The Morgan fingerprint density at radius 1 is 1.55 bits per heavy atom. The molecule has 2 heterocycles. The normalized spacial score (nSPS) is 17.4. The number of nitrogens with one attached hydrogen (secondary N) is 2. The molecule has 1 saturated heterocycles. The van der Waals surface area contributed by atoms with Crippen molar-refractivity contribution in [2.45, 2.75) is 25.3 Å². The molecule has 1 aromatic rings. The van der Waals surface area contributed by atoms with Gasteiger partial charge in [-0.3, -0.25) is 9.78 Å². The smallest absolute Gasteiger partial charge is 0.224 e. The molecule has 0 spiro atoms. The van der Waals surface area contributed by atoms with Crippen LogP contribution in [0.2, 0.25) is 0 Å². The maximum absolute atomic E-state index is 13.2. The molecule has 1 aliphatic heterocycles. The number of piperidine rings is 1. The van der Waals surface area contributed by atoms with Gasteiger partial charge >= 0.3 is 0 Å². The Hall–Kier alpha value is -1.82. The van der Waals surface area contributed by atoms with E-state index in [4.69, 9.17) is 5.41 Å². The molecule has 1 aromatic heterocycles. The molecule has 1 fully saturated rings. The number of carbonyl (C=O) groups excluding carboxylic acids is 1. The minimum Gasteiger partial charge on any atom is -0.349 e. The monoisotopic (exact) mass is 279 g/mol. The van der Waals surface area contributed by atoms with E-state index in [0.717, 1.165) is 32.1 Å². The van der Waals surface area contributed by atoms with Crippen molar-refractivity contribution in [2.75, 3.05) is 13.1 Å². The summed E-state index contributed by atoms with van der Waals surface area (Å²) in [6.07, 6.45) is 5.96. The second kappa shape index (κ2) is 7.09. The summed E-state index contributed by atoms with van der Waals surface area (Å²) in [7, 11) is 0. The van der Waals surface area contributed by atoms with Crippen molar-refractivity contribution in [3.63, 3.8) is 0 Å². The fourth-order valence-corrected chi connectivity index (χ4v) is 2.49. The second-order valence-electron chi connectivity index (χ2n) is 5.08. The van der Waals surface area contributed by atoms with Gasteiger partial charge in [-0.15, -0.1) is 0 Å². The summed E-state index contributed by atoms with van der Waals surface area (Å²) >= 11 is 0. The predicted molar refractivity (Wildman–Crippen MR) is 72.9 cm³/mol. The van der Waals surface area contributed by atoms with Crippen molar-refractivity contribution < 1.29 is 14.5 Å². The van der Waals surface area contributed by atoms with Crippen molar-refractivity contribution in [3.8, 4) is 0 Å². The van der Waals surface area contributed by atoms with Crippen LogP contribution in [0.4, 0.5) is 4.39 Å². The summed E-state index contributed by atoms with van der Waals surface area (Å²) < 4.78 is 13.2. The third-order valence-electron chi connectivity index (χ3n) is 3.61. The fourth-order valence-electron chi connectivity index (χ4n) is 2.49. The quantitative estimate of drug-likeness (QED) is 0.681. The molecule has 0 bridgehead atoms. The van der Waals surface area contributed by atoms with Crippen LogP contribution in [0.1, 0.15) is 30.9 Å². The van der Waals surface area contributed by atoms with Gasteiger partial charge in [0.05, 0.1) is 25.3 Å². The molecule has 0 aromatic carbocycles. The molecule has 2 rings (SSSR count). The maximum Gasteiger partial charge on any atom is 0.224 e. The summed E-state index contributed by atoms with van der Waals surface area (Å²) in [5, 5.41) is 12.4. The summed E-state index contributed by atoms with van der Waals surface area (Å²) in [5.41, 5.74) is 0.601. The van der Waals surface area contributed by atoms with E-state index in [1.165, 1.54) is 18.5 Å². The van der Waals surface area contributed by atoms with E-state index < -0.39 is 5.82 Å². The number of quaternary nitrogens is 1. The Morgan fingerprint density at radius 2 is 2.30 bits per heavy atom. The zero-order chi connectivity index (χ0) is 14.4. The SMILES string of the molecule is N=CC[C@H](NC(=O)C1CC[NH2+]CC1)c1cncc(F)c1. The van der Waals surface area contributed by atoms with Gasteiger partial charge in [-0.2, -0.15) is 0 Å². The largest absolute Gasteiger partial charge is 0.349 e. The van der Waals surface area contributed by atoms with Crippen molar-refractivity contribution in [3.05, 3.63) is 29.8 Å². The molecular weight excluding hydrogens is 259 g/mol. The summed E-state index contributed by atoms with van der Waals surface area (Å²) in [5.74, 6) is -0.414. The average molecular weight is 279 g/mol. The molecule has 1 atom stereocenters. The highest BCUT2D eigenvalue weighted by Gasteiger charge is 2.25. The van der Waals surface area contributed by atoms with Crippen LogP contribution in [0.25, 0.3) is 0 Å². The van der Waals surface area contributed by atoms with Gasteiger partial charge in [-0.05, 0) is 17.8 Å². The van der Waals surface area contributed by atoms with E-state index in [-0.39, 0.29) is 17.9 Å². The molecule has 0 aliphatic carbocycles. The molecular formula is C14H20FN4O+. The number of hydrogen-bond donors (Lipinski definition) is 3. The molecule has 0 saturated carbocycles. The number of amides is 1. The number of aromatic nitrogens is 1. The Kier molecular flexibility index (Phi) is 5.17. The minimum atomic E-state index is -0.431. The van der Waals surface area contributed by atoms with Crippen LogP contribution in [-0.2, 0) is 4.79 Å². The lowest BCUT2D eigenvalue weighted by atomic mass is 9.96. The van der Waals surface area contributed by atoms with Crippen molar-refractivity contribution in [2.24, 2.45) is 5.92 Å². The van der Waals surface area contributed by atoms with Gasteiger partial charge in [0, 0.05) is 31.4 Å². The zero-order valence-corrected chi connectivity index (χ0v) is 11.3. The van der Waals surface area contributed by atoms with E-state index in [9.17, 15) is 9.18 Å². The minimum absolute atomic E-state index is 0.00536.